The Kier molecular flexibility index (Phi) is 5.66. The van der Waals surface area contributed by atoms with Gasteiger partial charge >= 0.3 is 0 Å². The summed E-state index contributed by atoms with van der Waals surface area (Å²) in [6.07, 6.45) is 1.18. The first-order valence-electron chi connectivity index (χ1n) is 6.60. The van der Waals surface area contributed by atoms with Crippen LogP contribution in [0.15, 0.2) is 24.3 Å². The molecule has 2 heteroatoms. The molecule has 0 radical (unpaired) electrons. The highest BCUT2D eigenvalue weighted by molar-refractivity contribution is 5.24. The Morgan fingerprint density at radius 1 is 1.18 bits per heavy atom. The molecule has 0 aromatic heterocycles. The molecule has 0 aliphatic carbocycles. The minimum Gasteiger partial charge on any atom is -0.323 e. The van der Waals surface area contributed by atoms with Gasteiger partial charge < -0.3 is 5.73 Å². The van der Waals surface area contributed by atoms with Crippen LogP contribution < -0.4 is 5.73 Å². The fraction of sp³-hybridized carbons (Fsp3) is 0.600. The van der Waals surface area contributed by atoms with E-state index in [2.05, 4.69) is 56.9 Å². The third-order valence-corrected chi connectivity index (χ3v) is 3.18. The predicted octanol–water partition coefficient (Wildman–Crippen LogP) is 3.12. The number of rotatable bonds is 6. The lowest BCUT2D eigenvalue weighted by Gasteiger charge is -2.29. The van der Waals surface area contributed by atoms with Gasteiger partial charge in [-0.25, -0.2) is 0 Å². The molecule has 0 saturated heterocycles. The van der Waals surface area contributed by atoms with Gasteiger partial charge in [0.1, 0.15) is 0 Å². The summed E-state index contributed by atoms with van der Waals surface area (Å²) < 4.78 is 0. The SMILES string of the molecule is CCCN(CC(N)c1ccc(C)cc1)C(C)C. The second kappa shape index (κ2) is 6.77. The van der Waals surface area contributed by atoms with Crippen LogP contribution in [0, 0.1) is 6.92 Å². The number of nitrogens with zero attached hydrogens (tertiary/aromatic N) is 1. The fourth-order valence-corrected chi connectivity index (χ4v) is 2.02. The first-order valence-corrected chi connectivity index (χ1v) is 6.60. The first kappa shape index (κ1) is 14.2. The molecule has 2 nitrogen and oxygen atoms in total. The van der Waals surface area contributed by atoms with Crippen molar-refractivity contribution in [3.63, 3.8) is 0 Å². The first-order chi connectivity index (χ1) is 8.04. The molecule has 1 aromatic carbocycles. The Morgan fingerprint density at radius 3 is 2.24 bits per heavy atom. The summed E-state index contributed by atoms with van der Waals surface area (Å²) in [7, 11) is 0. The van der Waals surface area contributed by atoms with Crippen molar-refractivity contribution in [3.05, 3.63) is 35.4 Å². The molecule has 1 rings (SSSR count). The van der Waals surface area contributed by atoms with Crippen molar-refractivity contribution in [3.8, 4) is 0 Å². The van der Waals surface area contributed by atoms with E-state index in [0.717, 1.165) is 13.1 Å². The zero-order valence-corrected chi connectivity index (χ0v) is 11.6. The van der Waals surface area contributed by atoms with E-state index in [-0.39, 0.29) is 6.04 Å². The van der Waals surface area contributed by atoms with Crippen LogP contribution in [0.3, 0.4) is 0 Å². The van der Waals surface area contributed by atoms with Gasteiger partial charge in [-0.05, 0) is 39.3 Å². The van der Waals surface area contributed by atoms with Gasteiger partial charge in [0.25, 0.3) is 0 Å². The summed E-state index contributed by atoms with van der Waals surface area (Å²) in [4.78, 5) is 2.45. The van der Waals surface area contributed by atoms with E-state index in [9.17, 15) is 0 Å². The molecule has 1 atom stereocenters. The maximum absolute atomic E-state index is 6.27. The van der Waals surface area contributed by atoms with E-state index in [1.54, 1.807) is 0 Å². The molecule has 0 saturated carbocycles. The summed E-state index contributed by atoms with van der Waals surface area (Å²) in [6.45, 7) is 10.8. The Balaban J connectivity index is 2.63. The Hall–Kier alpha value is -0.860. The average molecular weight is 234 g/mol. The maximum Gasteiger partial charge on any atom is 0.0424 e. The lowest BCUT2D eigenvalue weighted by Crippen LogP contribution is -2.37. The Labute approximate surface area is 106 Å². The molecule has 1 aromatic rings. The number of hydrogen-bond acceptors (Lipinski definition) is 2. The van der Waals surface area contributed by atoms with E-state index >= 15 is 0 Å². The van der Waals surface area contributed by atoms with Crippen molar-refractivity contribution in [2.24, 2.45) is 5.73 Å². The summed E-state index contributed by atoms with van der Waals surface area (Å²) in [6, 6.07) is 9.23. The van der Waals surface area contributed by atoms with Crippen LogP contribution in [0.5, 0.6) is 0 Å². The lowest BCUT2D eigenvalue weighted by atomic mass is 10.0. The minimum absolute atomic E-state index is 0.115. The average Bonchev–Trinajstić information content (AvgIpc) is 2.29. The molecule has 17 heavy (non-hydrogen) atoms. The van der Waals surface area contributed by atoms with Crippen molar-refractivity contribution >= 4 is 0 Å². The lowest BCUT2D eigenvalue weighted by molar-refractivity contribution is 0.209. The van der Waals surface area contributed by atoms with Crippen molar-refractivity contribution in [1.82, 2.24) is 4.90 Å². The molecule has 0 fully saturated rings. The van der Waals surface area contributed by atoms with Crippen molar-refractivity contribution in [2.75, 3.05) is 13.1 Å². The molecule has 0 amide bonds. The zero-order chi connectivity index (χ0) is 12.8. The van der Waals surface area contributed by atoms with Gasteiger partial charge in [-0.15, -0.1) is 0 Å². The normalized spacial score (nSPS) is 13.4. The van der Waals surface area contributed by atoms with Gasteiger partial charge in [0.15, 0.2) is 0 Å². The second-order valence-electron chi connectivity index (χ2n) is 5.11. The monoisotopic (exact) mass is 234 g/mol. The molecule has 1 unspecified atom stereocenters. The molecule has 0 spiro atoms. The summed E-state index contributed by atoms with van der Waals surface area (Å²) in [5.41, 5.74) is 8.79. The molecule has 0 bridgehead atoms. The minimum atomic E-state index is 0.115. The van der Waals surface area contributed by atoms with Crippen LogP contribution in [0.4, 0.5) is 0 Å². The largest absolute Gasteiger partial charge is 0.323 e. The van der Waals surface area contributed by atoms with E-state index < -0.39 is 0 Å². The van der Waals surface area contributed by atoms with Gasteiger partial charge in [0.05, 0.1) is 0 Å². The summed E-state index contributed by atoms with van der Waals surface area (Å²) >= 11 is 0. The highest BCUT2D eigenvalue weighted by Crippen LogP contribution is 2.14. The van der Waals surface area contributed by atoms with E-state index in [1.165, 1.54) is 17.5 Å². The Morgan fingerprint density at radius 2 is 1.76 bits per heavy atom. The van der Waals surface area contributed by atoms with Gasteiger partial charge in [-0.2, -0.15) is 0 Å². The molecule has 2 N–H and O–H groups in total. The highest BCUT2D eigenvalue weighted by atomic mass is 15.2. The highest BCUT2D eigenvalue weighted by Gasteiger charge is 2.14. The number of hydrogen-bond donors (Lipinski definition) is 1. The topological polar surface area (TPSA) is 29.3 Å². The molecule has 0 aliphatic rings. The van der Waals surface area contributed by atoms with Crippen molar-refractivity contribution < 1.29 is 0 Å². The van der Waals surface area contributed by atoms with Gasteiger partial charge in [0.2, 0.25) is 0 Å². The van der Waals surface area contributed by atoms with E-state index in [4.69, 9.17) is 5.73 Å². The third-order valence-electron chi connectivity index (χ3n) is 3.18. The molecule has 0 aliphatic heterocycles. The van der Waals surface area contributed by atoms with Gasteiger partial charge in [0, 0.05) is 18.6 Å². The maximum atomic E-state index is 6.27. The third kappa shape index (κ3) is 4.49. The second-order valence-corrected chi connectivity index (χ2v) is 5.11. The van der Waals surface area contributed by atoms with Crippen LogP contribution in [-0.2, 0) is 0 Å². The van der Waals surface area contributed by atoms with Crippen LogP contribution in [-0.4, -0.2) is 24.0 Å². The molecule has 0 heterocycles. The smallest absolute Gasteiger partial charge is 0.0424 e. The predicted molar refractivity (Wildman–Crippen MR) is 75.1 cm³/mol. The fourth-order valence-electron chi connectivity index (χ4n) is 2.02. The summed E-state index contributed by atoms with van der Waals surface area (Å²) in [5.74, 6) is 0. The molecule has 96 valence electrons. The molecular weight excluding hydrogens is 208 g/mol. The van der Waals surface area contributed by atoms with Crippen LogP contribution in [0.25, 0.3) is 0 Å². The van der Waals surface area contributed by atoms with Crippen molar-refractivity contribution in [2.45, 2.75) is 46.2 Å². The van der Waals surface area contributed by atoms with E-state index in [0.29, 0.717) is 6.04 Å². The van der Waals surface area contributed by atoms with Gasteiger partial charge in [-0.1, -0.05) is 36.8 Å². The number of benzene rings is 1. The van der Waals surface area contributed by atoms with Crippen LogP contribution in [0.2, 0.25) is 0 Å². The zero-order valence-electron chi connectivity index (χ0n) is 11.6. The van der Waals surface area contributed by atoms with Crippen LogP contribution in [0.1, 0.15) is 44.4 Å². The number of nitrogens with two attached hydrogens (primary N) is 1. The van der Waals surface area contributed by atoms with Crippen molar-refractivity contribution in [1.29, 1.82) is 0 Å². The van der Waals surface area contributed by atoms with Gasteiger partial charge in [-0.3, -0.25) is 4.90 Å². The summed E-state index contributed by atoms with van der Waals surface area (Å²) in [5, 5.41) is 0. The van der Waals surface area contributed by atoms with E-state index in [1.807, 2.05) is 0 Å². The van der Waals surface area contributed by atoms with Crippen LogP contribution >= 0.6 is 0 Å². The quantitative estimate of drug-likeness (QED) is 0.819. The molecular formula is C15H26N2. The number of aryl methyl sites for hydroxylation is 1. The Bertz CT molecular complexity index is 316. The standard InChI is InChI=1S/C15H26N2/c1-5-10-17(12(2)3)11-15(16)14-8-6-13(4)7-9-14/h6-9,12,15H,5,10-11,16H2,1-4H3.